The number of hydrogen-bond acceptors (Lipinski definition) is 2. The van der Waals surface area contributed by atoms with E-state index in [1.807, 2.05) is 0 Å². The maximum atomic E-state index is 10.8. The maximum absolute atomic E-state index is 10.8. The fraction of sp³-hybridized carbons (Fsp3) is 1.00. The summed E-state index contributed by atoms with van der Waals surface area (Å²) < 4.78 is 32.9. The summed E-state index contributed by atoms with van der Waals surface area (Å²) in [6.07, 6.45) is 0. The van der Waals surface area contributed by atoms with E-state index >= 15 is 0 Å². The van der Waals surface area contributed by atoms with Gasteiger partial charge in [0.05, 0.1) is 0 Å². The first-order valence-corrected chi connectivity index (χ1v) is 2.42. The van der Waals surface area contributed by atoms with Crippen LogP contribution < -0.4 is 0 Å². The fourth-order valence-corrected chi connectivity index (χ4v) is 0. The molecule has 0 unspecified atom stereocenters. The maximum Gasteiger partial charge on any atom is 0.366 e. The molecule has 5 heteroatoms. The van der Waals surface area contributed by atoms with Gasteiger partial charge in [-0.25, -0.2) is 0 Å². The molecule has 2 nitrogen and oxygen atoms in total. The Bertz CT molecular complexity index is 126. The first-order chi connectivity index (χ1) is 2.56. The molecule has 0 saturated heterocycles. The van der Waals surface area contributed by atoms with Crippen LogP contribution in [0.25, 0.3) is 0 Å². The zero-order chi connectivity index (χ0) is 5.21. The van der Waals surface area contributed by atoms with Crippen LogP contribution in [0.15, 0.2) is 4.36 Å². The summed E-state index contributed by atoms with van der Waals surface area (Å²) in [4.78, 5) is 0. The third-order valence-electron chi connectivity index (χ3n) is 0.213. The number of halogens is 2. The van der Waals surface area contributed by atoms with Gasteiger partial charge in [0.15, 0.2) is 0 Å². The van der Waals surface area contributed by atoms with Gasteiger partial charge in [-0.05, 0) is 0 Å². The zero-order valence-electron chi connectivity index (χ0n) is 3.02. The SMILES string of the molecule is CN=S(=O)(F)F. The Labute approximate surface area is 34.9 Å². The average molecular weight is 115 g/mol. The van der Waals surface area contributed by atoms with E-state index in [9.17, 15) is 7.77 Å². The lowest BCUT2D eigenvalue weighted by molar-refractivity contribution is 0.587. The second kappa shape index (κ2) is 1.51. The predicted octanol–water partition coefficient (Wildman–Crippen LogP) is 0.853. The monoisotopic (exact) mass is 115 g/mol. The van der Waals surface area contributed by atoms with E-state index < -0.39 is 10.5 Å². The standard InChI is InChI=1S/CH3F2NOS/c1-4-6(2,3)5/h1H3. The van der Waals surface area contributed by atoms with Crippen molar-refractivity contribution in [3.63, 3.8) is 0 Å². The fourth-order valence-electron chi connectivity index (χ4n) is 0. The highest BCUT2D eigenvalue weighted by atomic mass is 32.3. The molecule has 0 fully saturated rings. The topological polar surface area (TPSA) is 29.4 Å². The molecule has 0 spiro atoms. The van der Waals surface area contributed by atoms with Crippen molar-refractivity contribution < 1.29 is 12.0 Å². The van der Waals surface area contributed by atoms with Crippen LogP contribution in [0.1, 0.15) is 0 Å². The molecule has 0 aromatic carbocycles. The van der Waals surface area contributed by atoms with Crippen molar-refractivity contribution in [2.24, 2.45) is 4.36 Å². The molecule has 0 aliphatic carbocycles. The second-order valence-electron chi connectivity index (χ2n) is 0.579. The average Bonchev–Trinajstić information content (AvgIpc) is 1.35. The Balaban J connectivity index is 4.24. The summed E-state index contributed by atoms with van der Waals surface area (Å²) in [5.74, 6) is 0. The van der Waals surface area contributed by atoms with Crippen LogP contribution in [0.4, 0.5) is 7.77 Å². The molecule has 0 N–H and O–H groups in total. The third-order valence-corrected chi connectivity index (χ3v) is 0.638. The summed E-state index contributed by atoms with van der Waals surface area (Å²) in [5, 5.41) is 0. The van der Waals surface area contributed by atoms with E-state index in [4.69, 9.17) is 4.21 Å². The van der Waals surface area contributed by atoms with Gasteiger partial charge < -0.3 is 0 Å². The van der Waals surface area contributed by atoms with Crippen molar-refractivity contribution >= 4 is 10.5 Å². The molecule has 0 bridgehead atoms. The minimum absolute atomic E-state index is 0.808. The Morgan fingerprint density at radius 3 is 1.83 bits per heavy atom. The van der Waals surface area contributed by atoms with Crippen molar-refractivity contribution in [3.05, 3.63) is 0 Å². The van der Waals surface area contributed by atoms with Crippen molar-refractivity contribution in [2.45, 2.75) is 0 Å². The quantitative estimate of drug-likeness (QED) is 0.430. The van der Waals surface area contributed by atoms with Crippen molar-refractivity contribution in [1.29, 1.82) is 0 Å². The van der Waals surface area contributed by atoms with E-state index in [1.54, 1.807) is 0 Å². The second-order valence-corrected chi connectivity index (χ2v) is 1.74. The molecular formula is CH3F2NOS. The molecule has 6 heavy (non-hydrogen) atoms. The summed E-state index contributed by atoms with van der Waals surface area (Å²) in [5.41, 5.74) is 0. The highest BCUT2D eigenvalue weighted by Gasteiger charge is 1.92. The zero-order valence-corrected chi connectivity index (χ0v) is 3.84. The molecule has 0 atom stereocenters. The Morgan fingerprint density at radius 1 is 1.67 bits per heavy atom. The highest BCUT2D eigenvalue weighted by molar-refractivity contribution is 7.83. The Kier molecular flexibility index (Phi) is 1.46. The summed E-state index contributed by atoms with van der Waals surface area (Å²) in [6.45, 7) is 0. The van der Waals surface area contributed by atoms with Crippen molar-refractivity contribution in [1.82, 2.24) is 0 Å². The Hall–Kier alpha value is -0.190. The summed E-state index contributed by atoms with van der Waals surface area (Å²) >= 11 is 0. The van der Waals surface area contributed by atoms with E-state index in [2.05, 4.69) is 4.36 Å². The van der Waals surface area contributed by atoms with Gasteiger partial charge >= 0.3 is 10.5 Å². The summed E-state index contributed by atoms with van der Waals surface area (Å²) in [6, 6.07) is 0. The van der Waals surface area contributed by atoms with Gasteiger partial charge in [-0.15, -0.1) is 0 Å². The minimum atomic E-state index is -4.79. The van der Waals surface area contributed by atoms with Gasteiger partial charge in [-0.2, -0.15) is 8.57 Å². The molecule has 38 valence electrons. The molecule has 0 saturated carbocycles. The van der Waals surface area contributed by atoms with Gasteiger partial charge in [-0.3, -0.25) is 0 Å². The predicted molar refractivity (Wildman–Crippen MR) is 18.7 cm³/mol. The van der Waals surface area contributed by atoms with Gasteiger partial charge in [0, 0.05) is 7.05 Å². The lowest BCUT2D eigenvalue weighted by Crippen LogP contribution is -1.71. The van der Waals surface area contributed by atoms with Crippen molar-refractivity contribution in [3.8, 4) is 0 Å². The van der Waals surface area contributed by atoms with Crippen molar-refractivity contribution in [2.75, 3.05) is 7.05 Å². The first kappa shape index (κ1) is 5.81. The highest BCUT2D eigenvalue weighted by Crippen LogP contribution is 1.93. The molecule has 0 radical (unpaired) electrons. The Morgan fingerprint density at radius 2 is 1.83 bits per heavy atom. The molecule has 0 aliphatic rings. The van der Waals surface area contributed by atoms with E-state index in [1.165, 1.54) is 0 Å². The van der Waals surface area contributed by atoms with Crippen LogP contribution in [0.5, 0.6) is 0 Å². The number of hydrogen-bond donors (Lipinski definition) is 0. The van der Waals surface area contributed by atoms with E-state index in [0.717, 1.165) is 7.05 Å². The number of nitrogens with zero attached hydrogens (tertiary/aromatic N) is 1. The minimum Gasteiger partial charge on any atom is -0.186 e. The lowest BCUT2D eigenvalue weighted by atomic mass is 11.6. The first-order valence-electron chi connectivity index (χ1n) is 1.11. The van der Waals surface area contributed by atoms with E-state index in [0.29, 0.717) is 0 Å². The van der Waals surface area contributed by atoms with Crippen LogP contribution in [-0.2, 0) is 10.5 Å². The molecular weight excluding hydrogens is 112 g/mol. The molecule has 0 amide bonds. The lowest BCUT2D eigenvalue weighted by Gasteiger charge is -1.71. The molecule has 0 aliphatic heterocycles. The van der Waals surface area contributed by atoms with Gasteiger partial charge in [0.1, 0.15) is 0 Å². The third kappa shape index (κ3) is 3.81. The summed E-state index contributed by atoms with van der Waals surface area (Å²) in [7, 11) is -3.98. The van der Waals surface area contributed by atoms with Crippen LogP contribution in [0, 0.1) is 0 Å². The van der Waals surface area contributed by atoms with Crippen LogP contribution in [-0.4, -0.2) is 11.3 Å². The van der Waals surface area contributed by atoms with Crippen LogP contribution >= 0.6 is 0 Å². The van der Waals surface area contributed by atoms with Gasteiger partial charge in [-0.1, -0.05) is 7.77 Å². The largest absolute Gasteiger partial charge is 0.366 e. The van der Waals surface area contributed by atoms with Gasteiger partial charge in [0.25, 0.3) is 0 Å². The smallest absolute Gasteiger partial charge is 0.186 e. The van der Waals surface area contributed by atoms with Gasteiger partial charge in [0.2, 0.25) is 0 Å². The molecule has 0 aromatic heterocycles. The molecule has 0 heterocycles. The van der Waals surface area contributed by atoms with Crippen LogP contribution in [0.3, 0.4) is 0 Å². The van der Waals surface area contributed by atoms with Crippen LogP contribution in [0.2, 0.25) is 0 Å². The molecule has 0 aromatic rings. The van der Waals surface area contributed by atoms with E-state index in [-0.39, 0.29) is 0 Å². The number of rotatable bonds is 0. The normalized spacial score (nSPS) is 11.2. The molecule has 0 rings (SSSR count).